The number of allylic oxidation sites excluding steroid dienone is 3. The Morgan fingerprint density at radius 3 is 2.32 bits per heavy atom. The number of hydrogen-bond acceptors (Lipinski definition) is 1. The van der Waals surface area contributed by atoms with E-state index >= 15 is 4.39 Å². The molecule has 2 aliphatic carbocycles. The second kappa shape index (κ2) is 11.2. The van der Waals surface area contributed by atoms with Gasteiger partial charge in [-0.1, -0.05) is 48.6 Å². The molecular weight excluding hydrogens is 433 g/mol. The van der Waals surface area contributed by atoms with Crippen molar-refractivity contribution in [2.75, 3.05) is 6.61 Å². The Morgan fingerprint density at radius 2 is 1.68 bits per heavy atom. The minimum Gasteiger partial charge on any atom is -0.371 e. The lowest BCUT2D eigenvalue weighted by Gasteiger charge is -2.27. The van der Waals surface area contributed by atoms with Gasteiger partial charge in [-0.3, -0.25) is 0 Å². The lowest BCUT2D eigenvalue weighted by molar-refractivity contribution is 0.0731. The minimum atomic E-state index is -0.770. The van der Waals surface area contributed by atoms with Gasteiger partial charge in [-0.25, -0.2) is 13.2 Å². The lowest BCUT2D eigenvalue weighted by Crippen LogP contribution is -2.15. The highest BCUT2D eigenvalue weighted by Crippen LogP contribution is 2.39. The number of benzene rings is 2. The summed E-state index contributed by atoms with van der Waals surface area (Å²) in [5.41, 5.74) is 3.47. The van der Waals surface area contributed by atoms with Crippen molar-refractivity contribution in [1.82, 2.24) is 0 Å². The summed E-state index contributed by atoms with van der Waals surface area (Å²) in [6, 6.07) is 11.0. The Bertz CT molecular complexity index is 1060. The number of aryl methyl sites for hydroxylation is 1. The zero-order valence-electron chi connectivity index (χ0n) is 19.8. The molecule has 34 heavy (non-hydrogen) atoms. The molecule has 0 heterocycles. The molecule has 4 heteroatoms. The third-order valence-electron chi connectivity index (χ3n) is 7.22. The Labute approximate surface area is 201 Å². The van der Waals surface area contributed by atoms with Crippen molar-refractivity contribution in [3.63, 3.8) is 0 Å². The van der Waals surface area contributed by atoms with Crippen LogP contribution in [0.1, 0.15) is 62.5 Å². The third kappa shape index (κ3) is 5.55. The van der Waals surface area contributed by atoms with Crippen LogP contribution in [0.25, 0.3) is 11.1 Å². The minimum absolute atomic E-state index is 0.0684. The van der Waals surface area contributed by atoms with Crippen molar-refractivity contribution in [3.05, 3.63) is 95.4 Å². The fourth-order valence-electron chi connectivity index (χ4n) is 5.13. The van der Waals surface area contributed by atoms with E-state index in [2.05, 4.69) is 6.58 Å². The van der Waals surface area contributed by atoms with Gasteiger partial charge < -0.3 is 4.74 Å². The average molecular weight is 467 g/mol. The molecule has 1 nitrogen and oxygen atoms in total. The molecule has 1 atom stereocenters. The first-order valence-electron chi connectivity index (χ1n) is 12.4. The van der Waals surface area contributed by atoms with E-state index in [1.54, 1.807) is 18.2 Å². The van der Waals surface area contributed by atoms with Crippen LogP contribution in [0, 0.1) is 17.6 Å². The number of rotatable bonds is 8. The summed E-state index contributed by atoms with van der Waals surface area (Å²) < 4.78 is 49.5. The molecule has 0 aromatic heterocycles. The maximum atomic E-state index is 15.0. The average Bonchev–Trinajstić information content (AvgIpc) is 2.86. The van der Waals surface area contributed by atoms with Gasteiger partial charge in [-0.2, -0.15) is 0 Å². The first-order chi connectivity index (χ1) is 16.5. The normalized spacial score (nSPS) is 22.8. The third-order valence-corrected chi connectivity index (χ3v) is 7.22. The van der Waals surface area contributed by atoms with Gasteiger partial charge in [0.05, 0.1) is 0 Å². The van der Waals surface area contributed by atoms with E-state index < -0.39 is 17.7 Å². The number of hydrogen-bond donors (Lipinski definition) is 0. The lowest BCUT2D eigenvalue weighted by atomic mass is 9.78. The molecule has 2 aliphatic rings. The largest absolute Gasteiger partial charge is 0.371 e. The van der Waals surface area contributed by atoms with E-state index in [9.17, 15) is 8.78 Å². The summed E-state index contributed by atoms with van der Waals surface area (Å²) in [7, 11) is 0. The fourth-order valence-corrected chi connectivity index (χ4v) is 5.13. The van der Waals surface area contributed by atoms with Gasteiger partial charge in [-0.15, -0.1) is 6.58 Å². The molecule has 0 spiro atoms. The summed E-state index contributed by atoms with van der Waals surface area (Å²) in [6.45, 7) is 6.21. The van der Waals surface area contributed by atoms with Crippen LogP contribution in [-0.4, -0.2) is 12.7 Å². The van der Waals surface area contributed by atoms with Gasteiger partial charge in [0.15, 0.2) is 11.6 Å². The standard InChI is InChI=1S/C30H33F3O/c1-3-20-7-12-23(13-8-20)25-16-17-26(30(33)29(25)32)24-14-9-21(10-15-24)5-6-22-11-18-28(34-4-2)27(31)19-22/h3,9-11,14-17,19-20,23,28H,1,4-8,12-13,18H2,2H3. The highest BCUT2D eigenvalue weighted by molar-refractivity contribution is 5.65. The monoisotopic (exact) mass is 466 g/mol. The van der Waals surface area contributed by atoms with Gasteiger partial charge in [0.2, 0.25) is 0 Å². The summed E-state index contributed by atoms with van der Waals surface area (Å²) in [4.78, 5) is 0. The summed E-state index contributed by atoms with van der Waals surface area (Å²) in [5.74, 6) is -1.15. The topological polar surface area (TPSA) is 9.23 Å². The van der Waals surface area contributed by atoms with E-state index in [0.29, 0.717) is 30.1 Å². The zero-order valence-corrected chi connectivity index (χ0v) is 19.8. The molecule has 1 fully saturated rings. The zero-order chi connectivity index (χ0) is 24.1. The van der Waals surface area contributed by atoms with Crippen molar-refractivity contribution >= 4 is 0 Å². The molecule has 0 saturated heterocycles. The Hall–Kier alpha value is -2.59. The maximum Gasteiger partial charge on any atom is 0.166 e. The summed E-state index contributed by atoms with van der Waals surface area (Å²) in [5, 5.41) is 0. The quantitative estimate of drug-likeness (QED) is 0.354. The van der Waals surface area contributed by atoms with Gasteiger partial charge in [0.1, 0.15) is 11.9 Å². The Balaban J connectivity index is 1.40. The van der Waals surface area contributed by atoms with Crippen LogP contribution in [0.4, 0.5) is 13.2 Å². The maximum absolute atomic E-state index is 15.0. The van der Waals surface area contributed by atoms with E-state index in [1.165, 1.54) is 0 Å². The molecule has 4 rings (SSSR count). The first-order valence-corrected chi connectivity index (χ1v) is 12.4. The highest BCUT2D eigenvalue weighted by Gasteiger charge is 2.25. The van der Waals surface area contributed by atoms with E-state index in [4.69, 9.17) is 4.74 Å². The summed E-state index contributed by atoms with van der Waals surface area (Å²) >= 11 is 0. The number of halogens is 3. The smallest absolute Gasteiger partial charge is 0.166 e. The first kappa shape index (κ1) is 24.5. The van der Waals surface area contributed by atoms with Crippen molar-refractivity contribution < 1.29 is 17.9 Å². The van der Waals surface area contributed by atoms with Crippen LogP contribution in [0.15, 0.2) is 72.6 Å². The van der Waals surface area contributed by atoms with Crippen LogP contribution in [0.3, 0.4) is 0 Å². The molecule has 0 amide bonds. The van der Waals surface area contributed by atoms with Gasteiger partial charge in [0.25, 0.3) is 0 Å². The van der Waals surface area contributed by atoms with E-state index in [-0.39, 0.29) is 17.3 Å². The number of ether oxygens (including phenoxy) is 1. The van der Waals surface area contributed by atoms with Crippen LogP contribution in [0.2, 0.25) is 0 Å². The molecule has 1 unspecified atom stereocenters. The molecule has 0 aliphatic heterocycles. The predicted molar refractivity (Wildman–Crippen MR) is 132 cm³/mol. The van der Waals surface area contributed by atoms with Crippen LogP contribution < -0.4 is 0 Å². The molecular formula is C30H33F3O. The van der Waals surface area contributed by atoms with Crippen LogP contribution in [0.5, 0.6) is 0 Å². The van der Waals surface area contributed by atoms with Gasteiger partial charge >= 0.3 is 0 Å². The van der Waals surface area contributed by atoms with E-state index in [0.717, 1.165) is 49.7 Å². The molecule has 2 aromatic carbocycles. The molecule has 0 bridgehead atoms. The van der Waals surface area contributed by atoms with Crippen molar-refractivity contribution in [3.8, 4) is 11.1 Å². The molecule has 180 valence electrons. The second-order valence-corrected chi connectivity index (χ2v) is 9.36. The van der Waals surface area contributed by atoms with Crippen molar-refractivity contribution in [2.45, 2.75) is 63.9 Å². The van der Waals surface area contributed by atoms with Crippen molar-refractivity contribution in [1.29, 1.82) is 0 Å². The second-order valence-electron chi connectivity index (χ2n) is 9.36. The van der Waals surface area contributed by atoms with E-state index in [1.807, 2.05) is 43.3 Å². The Kier molecular flexibility index (Phi) is 8.10. The Morgan fingerprint density at radius 1 is 0.941 bits per heavy atom. The van der Waals surface area contributed by atoms with Crippen molar-refractivity contribution in [2.24, 2.45) is 5.92 Å². The molecule has 0 N–H and O–H groups in total. The highest BCUT2D eigenvalue weighted by atomic mass is 19.2. The SMILES string of the molecule is C=CC1CCC(c2ccc(-c3ccc(CCC4=CCC(OCC)C(F)=C4)cc3)c(F)c2F)CC1. The van der Waals surface area contributed by atoms with Crippen LogP contribution >= 0.6 is 0 Å². The fraction of sp³-hybridized carbons (Fsp3) is 0.400. The molecule has 0 radical (unpaired) electrons. The van der Waals surface area contributed by atoms with Gasteiger partial charge in [-0.05, 0) is 92.0 Å². The van der Waals surface area contributed by atoms with Crippen LogP contribution in [-0.2, 0) is 11.2 Å². The predicted octanol–water partition coefficient (Wildman–Crippen LogP) is 8.61. The van der Waals surface area contributed by atoms with Gasteiger partial charge in [0, 0.05) is 12.2 Å². The molecule has 1 saturated carbocycles. The summed E-state index contributed by atoms with van der Waals surface area (Å²) in [6.07, 6.45) is 10.8. The molecule has 2 aromatic rings.